The average Bonchev–Trinajstić information content (AvgIpc) is 3.24. The normalized spacial score (nSPS) is 16.6. The molecule has 0 N–H and O–H groups in total. The molecule has 1 aliphatic heterocycles. The smallest absolute Gasteiger partial charge is 0.338 e. The maximum absolute atomic E-state index is 13.4. The zero-order valence-electron chi connectivity index (χ0n) is 15.9. The highest BCUT2D eigenvalue weighted by Gasteiger charge is 2.34. The number of hydrogen-bond donors (Lipinski definition) is 0. The van der Waals surface area contributed by atoms with Crippen molar-refractivity contribution in [2.45, 2.75) is 19.9 Å². The number of ether oxygens (including phenoxy) is 1. The zero-order valence-corrected chi connectivity index (χ0v) is 18.3. The Balaban J connectivity index is 2.03. The number of esters is 1. The zero-order chi connectivity index (χ0) is 20.7. The van der Waals surface area contributed by atoms with Crippen LogP contribution in [0.5, 0.6) is 0 Å². The van der Waals surface area contributed by atoms with E-state index in [2.05, 4.69) is 4.99 Å². The fourth-order valence-electron chi connectivity index (χ4n) is 3.34. The molecule has 0 fully saturated rings. The third kappa shape index (κ3) is 3.39. The summed E-state index contributed by atoms with van der Waals surface area (Å²) in [5, 5.41) is 2.46. The van der Waals surface area contributed by atoms with Crippen LogP contribution in [-0.2, 0) is 9.53 Å². The predicted molar refractivity (Wildman–Crippen MR) is 116 cm³/mol. The van der Waals surface area contributed by atoms with Gasteiger partial charge in [-0.1, -0.05) is 41.1 Å². The lowest BCUT2D eigenvalue weighted by atomic mass is 9.96. The summed E-state index contributed by atoms with van der Waals surface area (Å²) < 4.78 is 7.10. The number of halogens is 1. The maximum Gasteiger partial charge on any atom is 0.338 e. The van der Waals surface area contributed by atoms with E-state index >= 15 is 0 Å². The van der Waals surface area contributed by atoms with Crippen molar-refractivity contribution in [2.75, 3.05) is 7.11 Å². The molecule has 0 bridgehead atoms. The lowest BCUT2D eigenvalue weighted by molar-refractivity contribution is -0.136. The number of methoxy groups -OCH3 is 1. The number of allylic oxidation sites excluding steroid dienone is 1. The molecule has 0 saturated carbocycles. The van der Waals surface area contributed by atoms with Crippen molar-refractivity contribution in [1.82, 2.24) is 4.57 Å². The number of carbonyl (C=O) groups is 1. The van der Waals surface area contributed by atoms with Crippen LogP contribution < -0.4 is 14.9 Å². The second-order valence-electron chi connectivity index (χ2n) is 6.56. The molecular weight excluding hydrogens is 428 g/mol. The number of aromatic nitrogens is 1. The van der Waals surface area contributed by atoms with Crippen molar-refractivity contribution < 1.29 is 9.53 Å². The molecule has 5 nitrogen and oxygen atoms in total. The molecule has 4 rings (SSSR count). The molecule has 1 aromatic carbocycles. The summed E-state index contributed by atoms with van der Waals surface area (Å²) in [4.78, 5) is 32.1. The van der Waals surface area contributed by atoms with Gasteiger partial charge in [-0.05, 0) is 48.6 Å². The van der Waals surface area contributed by atoms with Gasteiger partial charge in [0.25, 0.3) is 5.56 Å². The van der Waals surface area contributed by atoms with Gasteiger partial charge in [0.1, 0.15) is 6.04 Å². The molecule has 8 heteroatoms. The van der Waals surface area contributed by atoms with E-state index in [1.54, 1.807) is 28.9 Å². The number of benzene rings is 1. The third-order valence-corrected chi connectivity index (χ3v) is 7.08. The van der Waals surface area contributed by atoms with Crippen LogP contribution in [-0.4, -0.2) is 17.6 Å². The van der Waals surface area contributed by atoms with E-state index in [1.807, 2.05) is 42.6 Å². The summed E-state index contributed by atoms with van der Waals surface area (Å²) in [6.07, 6.45) is 1.88. The molecule has 0 amide bonds. The van der Waals surface area contributed by atoms with Crippen LogP contribution in [0.1, 0.15) is 29.0 Å². The van der Waals surface area contributed by atoms with Crippen LogP contribution in [0, 0.1) is 6.92 Å². The Labute approximate surface area is 179 Å². The highest BCUT2D eigenvalue weighted by atomic mass is 35.5. The molecule has 0 saturated heterocycles. The van der Waals surface area contributed by atoms with Crippen LogP contribution in [0.3, 0.4) is 0 Å². The standard InChI is InChI=1S/C21H17ClN2O3S2/c1-11-8-9-28-15(11)10-16-19(25)24-18(13-6-4-5-7-14(13)22)17(20(26)27-3)12(2)23-21(24)29-16/h4-10,18H,1-3H3. The summed E-state index contributed by atoms with van der Waals surface area (Å²) in [5.74, 6) is -0.528. The molecule has 2 aromatic heterocycles. The van der Waals surface area contributed by atoms with Gasteiger partial charge in [-0.15, -0.1) is 11.3 Å². The maximum atomic E-state index is 13.4. The number of carbonyl (C=O) groups excluding carboxylic acids is 1. The van der Waals surface area contributed by atoms with E-state index in [0.717, 1.165) is 10.4 Å². The number of rotatable bonds is 3. The molecule has 1 aliphatic rings. The Hall–Kier alpha value is -2.48. The predicted octanol–water partition coefficient (Wildman–Crippen LogP) is 3.43. The molecule has 0 aliphatic carbocycles. The summed E-state index contributed by atoms with van der Waals surface area (Å²) in [7, 11) is 1.32. The Bertz CT molecular complexity index is 1330. The van der Waals surface area contributed by atoms with E-state index in [0.29, 0.717) is 31.2 Å². The van der Waals surface area contributed by atoms with Gasteiger partial charge >= 0.3 is 5.97 Å². The van der Waals surface area contributed by atoms with E-state index in [1.165, 1.54) is 18.4 Å². The molecular formula is C21H17ClN2O3S2. The molecule has 29 heavy (non-hydrogen) atoms. The Morgan fingerprint density at radius 3 is 2.69 bits per heavy atom. The third-order valence-electron chi connectivity index (χ3n) is 4.79. The number of thiazole rings is 1. The highest BCUT2D eigenvalue weighted by molar-refractivity contribution is 7.11. The first-order valence-corrected chi connectivity index (χ1v) is 10.9. The summed E-state index contributed by atoms with van der Waals surface area (Å²) >= 11 is 9.34. The molecule has 148 valence electrons. The minimum Gasteiger partial charge on any atom is -0.466 e. The first-order valence-electron chi connectivity index (χ1n) is 8.81. The monoisotopic (exact) mass is 444 g/mol. The second-order valence-corrected chi connectivity index (χ2v) is 8.93. The van der Waals surface area contributed by atoms with Crippen molar-refractivity contribution in [1.29, 1.82) is 0 Å². The van der Waals surface area contributed by atoms with Crippen molar-refractivity contribution in [3.63, 3.8) is 0 Å². The topological polar surface area (TPSA) is 60.7 Å². The number of aryl methyl sites for hydroxylation is 1. The average molecular weight is 445 g/mol. The lowest BCUT2D eigenvalue weighted by Crippen LogP contribution is -2.39. The Morgan fingerprint density at radius 1 is 1.28 bits per heavy atom. The Morgan fingerprint density at radius 2 is 2.03 bits per heavy atom. The van der Waals surface area contributed by atoms with Gasteiger partial charge in [0.05, 0.1) is 22.9 Å². The largest absolute Gasteiger partial charge is 0.466 e. The molecule has 1 unspecified atom stereocenters. The SMILES string of the molecule is COC(=O)C1=C(C)N=c2sc(=Cc3sccc3C)c(=O)n2C1c1ccccc1Cl. The van der Waals surface area contributed by atoms with Gasteiger partial charge in [0, 0.05) is 9.90 Å². The van der Waals surface area contributed by atoms with Gasteiger partial charge in [-0.25, -0.2) is 9.79 Å². The highest BCUT2D eigenvalue weighted by Crippen LogP contribution is 2.34. The number of hydrogen-bond acceptors (Lipinski definition) is 6. The van der Waals surface area contributed by atoms with Crippen molar-refractivity contribution >= 4 is 46.3 Å². The second kappa shape index (κ2) is 7.74. The molecule has 3 aromatic rings. The Kier molecular flexibility index (Phi) is 5.29. The fourth-order valence-corrected chi connectivity index (χ4v) is 5.54. The summed E-state index contributed by atoms with van der Waals surface area (Å²) in [6.45, 7) is 3.75. The van der Waals surface area contributed by atoms with Gasteiger partial charge in [-0.2, -0.15) is 0 Å². The number of nitrogens with zero attached hydrogens (tertiary/aromatic N) is 2. The van der Waals surface area contributed by atoms with Crippen LogP contribution in [0.15, 0.2) is 56.8 Å². The number of thiophene rings is 1. The van der Waals surface area contributed by atoms with Crippen molar-refractivity contribution in [2.24, 2.45) is 4.99 Å². The molecule has 1 atom stereocenters. The first kappa shape index (κ1) is 19.8. The number of fused-ring (bicyclic) bond motifs is 1. The minimum atomic E-state index is -0.695. The lowest BCUT2D eigenvalue weighted by Gasteiger charge is -2.25. The molecule has 3 heterocycles. The molecule has 0 spiro atoms. The van der Waals surface area contributed by atoms with Gasteiger partial charge in [0.15, 0.2) is 4.80 Å². The van der Waals surface area contributed by atoms with E-state index in [4.69, 9.17) is 16.3 Å². The quantitative estimate of drug-likeness (QED) is 0.581. The summed E-state index contributed by atoms with van der Waals surface area (Å²) in [5.41, 5.74) is 2.38. The molecule has 0 radical (unpaired) electrons. The van der Waals surface area contributed by atoms with Crippen LogP contribution >= 0.6 is 34.3 Å². The van der Waals surface area contributed by atoms with Crippen LogP contribution in [0.2, 0.25) is 5.02 Å². The van der Waals surface area contributed by atoms with Gasteiger partial charge < -0.3 is 4.74 Å². The van der Waals surface area contributed by atoms with E-state index in [-0.39, 0.29) is 5.56 Å². The van der Waals surface area contributed by atoms with Crippen LogP contribution in [0.4, 0.5) is 0 Å². The van der Waals surface area contributed by atoms with Crippen molar-refractivity contribution in [3.8, 4) is 0 Å². The van der Waals surface area contributed by atoms with E-state index in [9.17, 15) is 9.59 Å². The fraction of sp³-hybridized carbons (Fsp3) is 0.190. The minimum absolute atomic E-state index is 0.208. The van der Waals surface area contributed by atoms with Gasteiger partial charge in [-0.3, -0.25) is 9.36 Å². The van der Waals surface area contributed by atoms with Crippen LogP contribution in [0.25, 0.3) is 6.08 Å². The van der Waals surface area contributed by atoms with Crippen molar-refractivity contribution in [3.05, 3.63) is 87.7 Å². The van der Waals surface area contributed by atoms with E-state index < -0.39 is 12.0 Å². The van der Waals surface area contributed by atoms with Gasteiger partial charge in [0.2, 0.25) is 0 Å². The first-order chi connectivity index (χ1) is 13.9. The summed E-state index contributed by atoms with van der Waals surface area (Å²) in [6, 6.07) is 8.51.